The van der Waals surface area contributed by atoms with Gasteiger partial charge < -0.3 is 5.32 Å². The van der Waals surface area contributed by atoms with Crippen molar-refractivity contribution < 1.29 is 13.2 Å². The van der Waals surface area contributed by atoms with Gasteiger partial charge in [-0.25, -0.2) is 12.7 Å². The van der Waals surface area contributed by atoms with E-state index in [2.05, 4.69) is 10.4 Å². The van der Waals surface area contributed by atoms with Gasteiger partial charge in [0.25, 0.3) is 5.91 Å². The number of nitrogens with zero attached hydrogens (tertiary/aromatic N) is 3. The third-order valence-corrected chi connectivity index (χ3v) is 4.94. The van der Waals surface area contributed by atoms with E-state index in [9.17, 15) is 13.2 Å². The minimum Gasteiger partial charge on any atom is -0.348 e. The molecule has 1 atom stereocenters. The fraction of sp³-hybridized carbons (Fsp3) is 0.667. The van der Waals surface area contributed by atoms with Gasteiger partial charge in [0.1, 0.15) is 0 Å². The Bertz CT molecular complexity index is 608. The van der Waals surface area contributed by atoms with Crippen LogP contribution in [0.3, 0.4) is 0 Å². The second-order valence-corrected chi connectivity index (χ2v) is 7.18. The molecule has 7 nitrogen and oxygen atoms in total. The number of aryl methyl sites for hydroxylation is 1. The highest BCUT2D eigenvalue weighted by molar-refractivity contribution is 7.88. The molecular formula is C12H20N4O3S. The van der Waals surface area contributed by atoms with Gasteiger partial charge >= 0.3 is 0 Å². The van der Waals surface area contributed by atoms with Crippen LogP contribution in [0.5, 0.6) is 0 Å². The molecule has 0 radical (unpaired) electrons. The predicted molar refractivity (Wildman–Crippen MR) is 74.9 cm³/mol. The van der Waals surface area contributed by atoms with E-state index in [4.69, 9.17) is 0 Å². The summed E-state index contributed by atoms with van der Waals surface area (Å²) in [5, 5.41) is 6.93. The predicted octanol–water partition coefficient (Wildman–Crippen LogP) is -0.118. The second kappa shape index (κ2) is 5.53. The summed E-state index contributed by atoms with van der Waals surface area (Å²) >= 11 is 0. The maximum Gasteiger partial charge on any atom is 0.255 e. The van der Waals surface area contributed by atoms with Gasteiger partial charge in [0.05, 0.1) is 18.0 Å². The molecule has 0 saturated carbocycles. The number of hydrogen-bond acceptors (Lipinski definition) is 4. The van der Waals surface area contributed by atoms with Crippen LogP contribution >= 0.6 is 0 Å². The zero-order valence-electron chi connectivity index (χ0n) is 12.0. The third kappa shape index (κ3) is 3.18. The van der Waals surface area contributed by atoms with Crippen LogP contribution in [0.4, 0.5) is 0 Å². The van der Waals surface area contributed by atoms with Crippen molar-refractivity contribution in [2.24, 2.45) is 7.05 Å². The molecule has 20 heavy (non-hydrogen) atoms. The summed E-state index contributed by atoms with van der Waals surface area (Å²) in [6.07, 6.45) is 4.27. The van der Waals surface area contributed by atoms with Crippen molar-refractivity contribution in [1.82, 2.24) is 19.4 Å². The Labute approximate surface area is 119 Å². The van der Waals surface area contributed by atoms with Crippen LogP contribution in [0.15, 0.2) is 6.20 Å². The summed E-state index contributed by atoms with van der Waals surface area (Å²) in [6.45, 7) is 2.69. The zero-order chi connectivity index (χ0) is 14.9. The SMILES string of the molecule is Cc1c(C(=O)NC2CCCN(S(C)(=O)=O)C2)cnn1C. The van der Waals surface area contributed by atoms with Crippen molar-refractivity contribution in [3.63, 3.8) is 0 Å². The monoisotopic (exact) mass is 300 g/mol. The lowest BCUT2D eigenvalue weighted by Crippen LogP contribution is -2.49. The number of piperidine rings is 1. The zero-order valence-corrected chi connectivity index (χ0v) is 12.8. The molecule has 1 aromatic heterocycles. The normalized spacial score (nSPS) is 20.9. The summed E-state index contributed by atoms with van der Waals surface area (Å²) in [7, 11) is -1.42. The molecule has 2 rings (SSSR count). The van der Waals surface area contributed by atoms with Gasteiger partial charge in [0.2, 0.25) is 10.0 Å². The minimum atomic E-state index is -3.20. The Morgan fingerprint density at radius 1 is 1.50 bits per heavy atom. The van der Waals surface area contributed by atoms with E-state index in [1.807, 2.05) is 6.92 Å². The highest BCUT2D eigenvalue weighted by Gasteiger charge is 2.27. The number of hydrogen-bond donors (Lipinski definition) is 1. The van der Waals surface area contributed by atoms with Crippen LogP contribution in [-0.2, 0) is 17.1 Å². The number of rotatable bonds is 3. The van der Waals surface area contributed by atoms with Crippen molar-refractivity contribution in [2.75, 3.05) is 19.3 Å². The number of aromatic nitrogens is 2. The molecular weight excluding hydrogens is 280 g/mol. The Morgan fingerprint density at radius 3 is 2.75 bits per heavy atom. The molecule has 0 aromatic carbocycles. The fourth-order valence-electron chi connectivity index (χ4n) is 2.35. The van der Waals surface area contributed by atoms with Crippen molar-refractivity contribution in [1.29, 1.82) is 0 Å². The van der Waals surface area contributed by atoms with Crippen LogP contribution in [0.1, 0.15) is 28.9 Å². The topological polar surface area (TPSA) is 84.3 Å². The number of carbonyl (C=O) groups is 1. The molecule has 0 aliphatic carbocycles. The van der Waals surface area contributed by atoms with Crippen molar-refractivity contribution >= 4 is 15.9 Å². The van der Waals surface area contributed by atoms with Crippen LogP contribution in [-0.4, -0.2) is 53.8 Å². The molecule has 1 aromatic rings. The quantitative estimate of drug-likeness (QED) is 0.843. The van der Waals surface area contributed by atoms with Gasteiger partial charge in [-0.05, 0) is 19.8 Å². The molecule has 8 heteroatoms. The maximum absolute atomic E-state index is 12.2. The Hall–Kier alpha value is -1.41. The first-order chi connectivity index (χ1) is 9.29. The van der Waals surface area contributed by atoms with Gasteiger partial charge in [-0.1, -0.05) is 0 Å². The van der Waals surface area contributed by atoms with E-state index < -0.39 is 10.0 Å². The average molecular weight is 300 g/mol. The summed E-state index contributed by atoms with van der Waals surface area (Å²) in [5.74, 6) is -0.198. The van der Waals surface area contributed by atoms with Gasteiger partial charge in [-0.15, -0.1) is 0 Å². The number of amides is 1. The second-order valence-electron chi connectivity index (χ2n) is 5.20. The van der Waals surface area contributed by atoms with Crippen LogP contribution in [0.2, 0.25) is 0 Å². The molecule has 0 spiro atoms. The van der Waals surface area contributed by atoms with E-state index in [0.717, 1.165) is 18.5 Å². The molecule has 1 unspecified atom stereocenters. The molecule has 1 aliphatic heterocycles. The Morgan fingerprint density at radius 2 is 2.20 bits per heavy atom. The minimum absolute atomic E-state index is 0.148. The fourth-order valence-corrected chi connectivity index (χ4v) is 3.26. The van der Waals surface area contributed by atoms with Crippen LogP contribution < -0.4 is 5.32 Å². The number of sulfonamides is 1. The van der Waals surface area contributed by atoms with Crippen molar-refractivity contribution in [3.8, 4) is 0 Å². The third-order valence-electron chi connectivity index (χ3n) is 3.67. The number of carbonyl (C=O) groups excluding carboxylic acids is 1. The molecule has 1 saturated heterocycles. The highest BCUT2D eigenvalue weighted by Crippen LogP contribution is 2.14. The molecule has 0 bridgehead atoms. The first-order valence-electron chi connectivity index (χ1n) is 6.53. The van der Waals surface area contributed by atoms with E-state index in [1.54, 1.807) is 11.7 Å². The van der Waals surface area contributed by atoms with Crippen molar-refractivity contribution in [3.05, 3.63) is 17.5 Å². The van der Waals surface area contributed by atoms with E-state index >= 15 is 0 Å². The lowest BCUT2D eigenvalue weighted by atomic mass is 10.1. The first-order valence-corrected chi connectivity index (χ1v) is 8.38. The van der Waals surface area contributed by atoms with Gasteiger partial charge in [0.15, 0.2) is 0 Å². The number of nitrogens with one attached hydrogen (secondary N) is 1. The molecule has 1 amide bonds. The van der Waals surface area contributed by atoms with Gasteiger partial charge in [-0.2, -0.15) is 5.10 Å². The molecule has 1 aliphatic rings. The molecule has 112 valence electrons. The Kier molecular flexibility index (Phi) is 4.14. The van der Waals surface area contributed by atoms with Crippen LogP contribution in [0, 0.1) is 6.92 Å². The van der Waals surface area contributed by atoms with Crippen LogP contribution in [0.25, 0.3) is 0 Å². The van der Waals surface area contributed by atoms with Crippen molar-refractivity contribution in [2.45, 2.75) is 25.8 Å². The van der Waals surface area contributed by atoms with E-state index in [0.29, 0.717) is 18.7 Å². The average Bonchev–Trinajstić information content (AvgIpc) is 2.69. The van der Waals surface area contributed by atoms with Gasteiger partial charge in [0, 0.05) is 31.9 Å². The molecule has 1 fully saturated rings. The molecule has 2 heterocycles. The van der Waals surface area contributed by atoms with Gasteiger partial charge in [-0.3, -0.25) is 9.48 Å². The maximum atomic E-state index is 12.2. The molecule has 1 N–H and O–H groups in total. The Balaban J connectivity index is 2.03. The lowest BCUT2D eigenvalue weighted by Gasteiger charge is -2.31. The summed E-state index contributed by atoms with van der Waals surface area (Å²) in [6, 6.07) is -0.148. The largest absolute Gasteiger partial charge is 0.348 e. The lowest BCUT2D eigenvalue weighted by molar-refractivity contribution is 0.0920. The first kappa shape index (κ1) is 15.0. The standard InChI is InChI=1S/C12H20N4O3S/c1-9-11(7-13-15(9)2)12(17)14-10-5-4-6-16(8-10)20(3,18)19/h7,10H,4-6,8H2,1-3H3,(H,14,17). The summed E-state index contributed by atoms with van der Waals surface area (Å²) in [5.41, 5.74) is 1.32. The highest BCUT2D eigenvalue weighted by atomic mass is 32.2. The summed E-state index contributed by atoms with van der Waals surface area (Å²) in [4.78, 5) is 12.2. The van der Waals surface area contributed by atoms with E-state index in [-0.39, 0.29) is 11.9 Å². The van der Waals surface area contributed by atoms with E-state index in [1.165, 1.54) is 16.8 Å². The summed E-state index contributed by atoms with van der Waals surface area (Å²) < 4.78 is 26.1. The smallest absolute Gasteiger partial charge is 0.255 e.